The Morgan fingerprint density at radius 1 is 1.35 bits per heavy atom. The van der Waals surface area contributed by atoms with Crippen LogP contribution in [-0.2, 0) is 16.0 Å². The second-order valence-electron chi connectivity index (χ2n) is 6.93. The lowest BCUT2D eigenvalue weighted by Crippen LogP contribution is -2.46. The quantitative estimate of drug-likeness (QED) is 0.737. The van der Waals surface area contributed by atoms with E-state index in [4.69, 9.17) is 19.3 Å². The van der Waals surface area contributed by atoms with E-state index in [1.807, 2.05) is 12.1 Å². The fourth-order valence-electron chi connectivity index (χ4n) is 3.82. The highest BCUT2D eigenvalue weighted by Gasteiger charge is 2.37. The lowest BCUT2D eigenvalue weighted by Gasteiger charge is -2.34. The maximum absolute atomic E-state index is 12.5. The summed E-state index contributed by atoms with van der Waals surface area (Å²) in [4.78, 5) is 14.8. The van der Waals surface area contributed by atoms with E-state index in [1.54, 1.807) is 20.3 Å². The molecular formula is C19H28N2O5. The van der Waals surface area contributed by atoms with Gasteiger partial charge >= 0.3 is 0 Å². The fourth-order valence-corrected chi connectivity index (χ4v) is 3.82. The number of carbonyl (C=O) groups is 1. The number of ether oxygens (including phenoxy) is 3. The summed E-state index contributed by atoms with van der Waals surface area (Å²) in [6.45, 7) is 2.47. The Hall–Kier alpha value is -1.83. The number of hydrogen-bond donors (Lipinski definition) is 2. The zero-order valence-corrected chi connectivity index (χ0v) is 15.4. The molecule has 2 aliphatic rings. The molecule has 3 rings (SSSR count). The molecule has 7 nitrogen and oxygen atoms in total. The molecule has 1 aromatic rings. The van der Waals surface area contributed by atoms with Gasteiger partial charge in [0, 0.05) is 43.4 Å². The van der Waals surface area contributed by atoms with E-state index in [9.17, 15) is 4.79 Å². The van der Waals surface area contributed by atoms with Crippen LogP contribution in [0.4, 0.5) is 0 Å². The third kappa shape index (κ3) is 4.47. The van der Waals surface area contributed by atoms with E-state index in [2.05, 4.69) is 10.2 Å². The average molecular weight is 364 g/mol. The van der Waals surface area contributed by atoms with Crippen molar-refractivity contribution in [1.82, 2.24) is 10.2 Å². The van der Waals surface area contributed by atoms with Crippen molar-refractivity contribution in [3.05, 3.63) is 23.8 Å². The molecule has 0 bridgehead atoms. The molecule has 0 unspecified atom stereocenters. The molecule has 2 aliphatic heterocycles. The van der Waals surface area contributed by atoms with E-state index in [-0.39, 0.29) is 31.1 Å². The van der Waals surface area contributed by atoms with Gasteiger partial charge in [0.1, 0.15) is 11.5 Å². The SMILES string of the molecule is COc1ccc(CC(=O)N[C@H]2C[C@H]3CO[C@@H](CCO)CN3C2)c(OC)c1. The zero-order valence-electron chi connectivity index (χ0n) is 15.4. The van der Waals surface area contributed by atoms with Crippen molar-refractivity contribution in [2.24, 2.45) is 0 Å². The molecule has 2 saturated heterocycles. The standard InChI is InChI=1S/C19H28N2O5/c1-24-16-4-3-13(18(9-16)25-2)7-19(23)20-14-8-15-12-26-17(5-6-22)11-21(15)10-14/h3-4,9,14-15,17,22H,5-8,10-12H2,1-2H3,(H,20,23)/t14-,15-,17-/m0/s1. The number of nitrogens with one attached hydrogen (secondary N) is 1. The Kier molecular flexibility index (Phi) is 6.34. The van der Waals surface area contributed by atoms with Gasteiger partial charge in [-0.05, 0) is 18.9 Å². The van der Waals surface area contributed by atoms with Crippen LogP contribution in [0.3, 0.4) is 0 Å². The van der Waals surface area contributed by atoms with Crippen molar-refractivity contribution in [3.63, 3.8) is 0 Å². The van der Waals surface area contributed by atoms with Crippen molar-refractivity contribution >= 4 is 5.91 Å². The average Bonchev–Trinajstić information content (AvgIpc) is 3.03. The molecule has 0 saturated carbocycles. The number of carbonyl (C=O) groups excluding carboxylic acids is 1. The second-order valence-corrected chi connectivity index (χ2v) is 6.93. The number of benzene rings is 1. The van der Waals surface area contributed by atoms with Crippen LogP contribution in [0.15, 0.2) is 18.2 Å². The number of amides is 1. The number of methoxy groups -OCH3 is 2. The van der Waals surface area contributed by atoms with Gasteiger partial charge in [0.2, 0.25) is 5.91 Å². The third-order valence-electron chi connectivity index (χ3n) is 5.15. The van der Waals surface area contributed by atoms with Crippen molar-refractivity contribution in [2.75, 3.05) is 40.5 Å². The van der Waals surface area contributed by atoms with Crippen LogP contribution in [0.5, 0.6) is 11.5 Å². The first-order valence-electron chi connectivity index (χ1n) is 9.09. The predicted octanol–water partition coefficient (Wildman–Crippen LogP) is 0.587. The van der Waals surface area contributed by atoms with Crippen LogP contribution in [0.1, 0.15) is 18.4 Å². The molecule has 2 fully saturated rings. The van der Waals surface area contributed by atoms with Crippen LogP contribution in [-0.4, -0.2) is 74.6 Å². The Morgan fingerprint density at radius 2 is 2.19 bits per heavy atom. The number of aliphatic hydroxyl groups is 1. The van der Waals surface area contributed by atoms with Crippen molar-refractivity contribution in [2.45, 2.75) is 37.5 Å². The van der Waals surface area contributed by atoms with Gasteiger partial charge < -0.3 is 24.6 Å². The first kappa shape index (κ1) is 18.9. The first-order valence-corrected chi connectivity index (χ1v) is 9.09. The number of aliphatic hydroxyl groups excluding tert-OH is 1. The molecule has 0 spiro atoms. The van der Waals surface area contributed by atoms with E-state index >= 15 is 0 Å². The van der Waals surface area contributed by atoms with Gasteiger partial charge in [-0.15, -0.1) is 0 Å². The largest absolute Gasteiger partial charge is 0.497 e. The van der Waals surface area contributed by atoms with Crippen LogP contribution in [0.25, 0.3) is 0 Å². The van der Waals surface area contributed by atoms with Gasteiger partial charge in [-0.25, -0.2) is 0 Å². The minimum absolute atomic E-state index is 0.00820. The Morgan fingerprint density at radius 3 is 2.92 bits per heavy atom. The van der Waals surface area contributed by atoms with Gasteiger partial charge in [-0.2, -0.15) is 0 Å². The van der Waals surface area contributed by atoms with E-state index in [0.29, 0.717) is 30.6 Å². The van der Waals surface area contributed by atoms with Crippen molar-refractivity contribution < 1.29 is 24.1 Å². The van der Waals surface area contributed by atoms with Crippen LogP contribution in [0, 0.1) is 0 Å². The van der Waals surface area contributed by atoms with Crippen LogP contribution in [0.2, 0.25) is 0 Å². The molecule has 0 aromatic heterocycles. The maximum atomic E-state index is 12.5. The van der Waals surface area contributed by atoms with Gasteiger partial charge in [-0.3, -0.25) is 9.69 Å². The zero-order chi connectivity index (χ0) is 18.5. The summed E-state index contributed by atoms with van der Waals surface area (Å²) >= 11 is 0. The minimum atomic E-state index is -0.00820. The summed E-state index contributed by atoms with van der Waals surface area (Å²) in [7, 11) is 3.19. The summed E-state index contributed by atoms with van der Waals surface area (Å²) in [5.74, 6) is 1.35. The van der Waals surface area contributed by atoms with Gasteiger partial charge in [-0.1, -0.05) is 6.07 Å². The molecule has 1 amide bonds. The summed E-state index contributed by atoms with van der Waals surface area (Å²) < 4.78 is 16.3. The topological polar surface area (TPSA) is 80.3 Å². The van der Waals surface area contributed by atoms with E-state index < -0.39 is 0 Å². The highest BCUT2D eigenvalue weighted by molar-refractivity contribution is 5.79. The predicted molar refractivity (Wildman–Crippen MR) is 96.6 cm³/mol. The lowest BCUT2D eigenvalue weighted by molar-refractivity contribution is -0.121. The third-order valence-corrected chi connectivity index (χ3v) is 5.15. The Labute approximate surface area is 154 Å². The minimum Gasteiger partial charge on any atom is -0.497 e. The summed E-state index contributed by atoms with van der Waals surface area (Å²) in [6.07, 6.45) is 1.93. The molecule has 2 N–H and O–H groups in total. The molecule has 26 heavy (non-hydrogen) atoms. The van der Waals surface area contributed by atoms with Crippen LogP contribution < -0.4 is 14.8 Å². The highest BCUT2D eigenvalue weighted by atomic mass is 16.5. The van der Waals surface area contributed by atoms with Gasteiger partial charge in [0.25, 0.3) is 0 Å². The number of morpholine rings is 1. The highest BCUT2D eigenvalue weighted by Crippen LogP contribution is 2.26. The fraction of sp³-hybridized carbons (Fsp3) is 0.632. The van der Waals surface area contributed by atoms with Gasteiger partial charge in [0.15, 0.2) is 0 Å². The van der Waals surface area contributed by atoms with E-state index in [1.165, 1.54) is 0 Å². The molecular weight excluding hydrogens is 336 g/mol. The number of fused-ring (bicyclic) bond motifs is 1. The first-order chi connectivity index (χ1) is 12.6. The summed E-state index contributed by atoms with van der Waals surface area (Å²) in [6, 6.07) is 5.97. The molecule has 0 radical (unpaired) electrons. The van der Waals surface area contributed by atoms with E-state index in [0.717, 1.165) is 25.1 Å². The smallest absolute Gasteiger partial charge is 0.224 e. The molecule has 7 heteroatoms. The molecule has 0 aliphatic carbocycles. The molecule has 2 heterocycles. The maximum Gasteiger partial charge on any atom is 0.224 e. The molecule has 3 atom stereocenters. The summed E-state index contributed by atoms with van der Waals surface area (Å²) in [5.41, 5.74) is 0.841. The Bertz CT molecular complexity index is 624. The Balaban J connectivity index is 1.53. The van der Waals surface area contributed by atoms with Crippen molar-refractivity contribution in [1.29, 1.82) is 0 Å². The van der Waals surface area contributed by atoms with Crippen molar-refractivity contribution in [3.8, 4) is 11.5 Å². The number of nitrogens with zero attached hydrogens (tertiary/aromatic N) is 1. The van der Waals surface area contributed by atoms with Gasteiger partial charge in [0.05, 0.1) is 33.4 Å². The number of rotatable bonds is 7. The molecule has 144 valence electrons. The number of hydrogen-bond acceptors (Lipinski definition) is 6. The molecule has 1 aromatic carbocycles. The monoisotopic (exact) mass is 364 g/mol. The normalized spacial score (nSPS) is 25.6. The summed E-state index contributed by atoms with van der Waals surface area (Å²) in [5, 5.41) is 12.2. The second kappa shape index (κ2) is 8.70. The lowest BCUT2D eigenvalue weighted by atomic mass is 10.1. The van der Waals surface area contributed by atoms with Crippen LogP contribution >= 0.6 is 0 Å².